The summed E-state index contributed by atoms with van der Waals surface area (Å²) in [7, 11) is 3.96. The molecular formula is C17H25NO. The predicted octanol–water partition coefficient (Wildman–Crippen LogP) is 3.97. The molecule has 2 nitrogen and oxygen atoms in total. The molecule has 0 radical (unpaired) electrons. The largest absolute Gasteiger partial charge is 0.496 e. The van der Waals surface area contributed by atoms with Gasteiger partial charge < -0.3 is 4.74 Å². The maximum absolute atomic E-state index is 5.35. The van der Waals surface area contributed by atoms with Gasteiger partial charge in [-0.1, -0.05) is 49.6 Å². The van der Waals surface area contributed by atoms with Crippen LogP contribution in [-0.2, 0) is 0 Å². The summed E-state index contributed by atoms with van der Waals surface area (Å²) in [6, 6.07) is 8.92. The lowest BCUT2D eigenvalue weighted by Crippen LogP contribution is -2.33. The first kappa shape index (κ1) is 14.1. The van der Waals surface area contributed by atoms with Crippen molar-refractivity contribution in [2.45, 2.75) is 38.1 Å². The van der Waals surface area contributed by atoms with Crippen LogP contribution in [0.5, 0.6) is 5.75 Å². The molecule has 1 aromatic rings. The molecule has 0 aliphatic heterocycles. The Hall–Kier alpha value is -1.28. The SMILES string of the molecule is COc1ccccc1C=CCN(C)C1CCCCC1. The Labute approximate surface area is 117 Å². The smallest absolute Gasteiger partial charge is 0.126 e. The highest BCUT2D eigenvalue weighted by Gasteiger charge is 2.16. The molecule has 0 aromatic heterocycles. The van der Waals surface area contributed by atoms with Gasteiger partial charge in [0.25, 0.3) is 0 Å². The Morgan fingerprint density at radius 1 is 1.21 bits per heavy atom. The second-order valence-electron chi connectivity index (χ2n) is 5.38. The van der Waals surface area contributed by atoms with Crippen LogP contribution in [0, 0.1) is 0 Å². The van der Waals surface area contributed by atoms with Crippen LogP contribution >= 0.6 is 0 Å². The van der Waals surface area contributed by atoms with E-state index in [1.165, 1.54) is 32.1 Å². The first-order valence-corrected chi connectivity index (χ1v) is 7.31. The zero-order valence-corrected chi connectivity index (χ0v) is 12.1. The summed E-state index contributed by atoms with van der Waals surface area (Å²) in [6.07, 6.45) is 11.3. The first-order chi connectivity index (χ1) is 9.31. The van der Waals surface area contributed by atoms with Crippen molar-refractivity contribution in [3.63, 3.8) is 0 Å². The van der Waals surface area contributed by atoms with E-state index in [2.05, 4.69) is 30.2 Å². The van der Waals surface area contributed by atoms with E-state index in [0.29, 0.717) is 0 Å². The fraction of sp³-hybridized carbons (Fsp3) is 0.529. The normalized spacial score (nSPS) is 17.2. The summed E-state index contributed by atoms with van der Waals surface area (Å²) in [6.45, 7) is 1.02. The lowest BCUT2D eigenvalue weighted by molar-refractivity contribution is 0.209. The number of hydrogen-bond acceptors (Lipinski definition) is 2. The Morgan fingerprint density at radius 2 is 1.95 bits per heavy atom. The Morgan fingerprint density at radius 3 is 2.68 bits per heavy atom. The van der Waals surface area contributed by atoms with Gasteiger partial charge in [0.05, 0.1) is 7.11 Å². The van der Waals surface area contributed by atoms with Gasteiger partial charge in [-0.3, -0.25) is 4.90 Å². The van der Waals surface area contributed by atoms with Gasteiger partial charge in [0.1, 0.15) is 5.75 Å². The van der Waals surface area contributed by atoms with Gasteiger partial charge in [0, 0.05) is 18.2 Å². The first-order valence-electron chi connectivity index (χ1n) is 7.31. The van der Waals surface area contributed by atoms with E-state index in [1.807, 2.05) is 18.2 Å². The van der Waals surface area contributed by atoms with Crippen molar-refractivity contribution in [3.05, 3.63) is 35.9 Å². The minimum Gasteiger partial charge on any atom is -0.496 e. The Balaban J connectivity index is 1.88. The summed E-state index contributed by atoms with van der Waals surface area (Å²) in [5, 5.41) is 0. The van der Waals surface area contributed by atoms with Crippen LogP contribution in [0.3, 0.4) is 0 Å². The lowest BCUT2D eigenvalue weighted by Gasteiger charge is -2.30. The van der Waals surface area contributed by atoms with Crippen LogP contribution in [0.2, 0.25) is 0 Å². The maximum Gasteiger partial charge on any atom is 0.126 e. The van der Waals surface area contributed by atoms with Crippen molar-refractivity contribution in [3.8, 4) is 5.75 Å². The lowest BCUT2D eigenvalue weighted by atomic mass is 9.94. The Kier molecular flexibility index (Phi) is 5.46. The molecule has 2 rings (SSSR count). The van der Waals surface area contributed by atoms with E-state index in [1.54, 1.807) is 7.11 Å². The van der Waals surface area contributed by atoms with Crippen molar-refractivity contribution in [2.24, 2.45) is 0 Å². The predicted molar refractivity (Wildman–Crippen MR) is 81.5 cm³/mol. The van der Waals surface area contributed by atoms with Gasteiger partial charge in [-0.25, -0.2) is 0 Å². The average molecular weight is 259 g/mol. The van der Waals surface area contributed by atoms with Crippen molar-refractivity contribution >= 4 is 6.08 Å². The van der Waals surface area contributed by atoms with Crippen molar-refractivity contribution in [2.75, 3.05) is 20.7 Å². The zero-order chi connectivity index (χ0) is 13.5. The molecule has 0 unspecified atom stereocenters. The third kappa shape index (κ3) is 4.10. The van der Waals surface area contributed by atoms with Gasteiger partial charge in [-0.2, -0.15) is 0 Å². The summed E-state index contributed by atoms with van der Waals surface area (Å²) in [4.78, 5) is 2.48. The molecule has 19 heavy (non-hydrogen) atoms. The highest BCUT2D eigenvalue weighted by Crippen LogP contribution is 2.22. The van der Waals surface area contributed by atoms with Crippen molar-refractivity contribution in [1.29, 1.82) is 0 Å². The summed E-state index contributed by atoms with van der Waals surface area (Å²) >= 11 is 0. The standard InChI is InChI=1S/C17H25NO/c1-18(16-11-4-3-5-12-16)14-8-10-15-9-6-7-13-17(15)19-2/h6-10,13,16H,3-5,11-12,14H2,1-2H3. The third-order valence-corrected chi connectivity index (χ3v) is 4.03. The molecule has 104 valence electrons. The number of likely N-dealkylation sites (N-methyl/N-ethyl adjacent to an activating group) is 1. The molecule has 1 aromatic carbocycles. The van der Waals surface area contributed by atoms with Crippen LogP contribution in [0.1, 0.15) is 37.7 Å². The molecule has 0 N–H and O–H groups in total. The van der Waals surface area contributed by atoms with Gasteiger partial charge in [0.15, 0.2) is 0 Å². The number of rotatable bonds is 5. The van der Waals surface area contributed by atoms with E-state index in [-0.39, 0.29) is 0 Å². The fourth-order valence-electron chi connectivity index (χ4n) is 2.82. The summed E-state index contributed by atoms with van der Waals surface area (Å²) in [5.41, 5.74) is 1.15. The molecule has 0 saturated heterocycles. The minimum absolute atomic E-state index is 0.774. The third-order valence-electron chi connectivity index (χ3n) is 4.03. The summed E-state index contributed by atoms with van der Waals surface area (Å²) < 4.78 is 5.35. The van der Waals surface area contributed by atoms with Crippen LogP contribution in [0.15, 0.2) is 30.3 Å². The quantitative estimate of drug-likeness (QED) is 0.793. The van der Waals surface area contributed by atoms with Crippen LogP contribution in [0.25, 0.3) is 6.08 Å². The van der Waals surface area contributed by atoms with Crippen molar-refractivity contribution in [1.82, 2.24) is 4.90 Å². The molecule has 1 aliphatic rings. The number of benzene rings is 1. The number of ether oxygens (including phenoxy) is 1. The number of para-hydroxylation sites is 1. The minimum atomic E-state index is 0.774. The van der Waals surface area contributed by atoms with Crippen molar-refractivity contribution < 1.29 is 4.74 Å². The molecule has 0 spiro atoms. The maximum atomic E-state index is 5.35. The molecule has 0 bridgehead atoms. The monoisotopic (exact) mass is 259 g/mol. The van der Waals surface area contributed by atoms with Gasteiger partial charge in [0.2, 0.25) is 0 Å². The number of methoxy groups -OCH3 is 1. The average Bonchev–Trinajstić information content (AvgIpc) is 2.48. The van der Waals surface area contributed by atoms with Gasteiger partial charge >= 0.3 is 0 Å². The van der Waals surface area contributed by atoms with E-state index < -0.39 is 0 Å². The van der Waals surface area contributed by atoms with Crippen LogP contribution < -0.4 is 4.74 Å². The second kappa shape index (κ2) is 7.34. The topological polar surface area (TPSA) is 12.5 Å². The van der Waals surface area contributed by atoms with Gasteiger partial charge in [-0.05, 0) is 26.0 Å². The highest BCUT2D eigenvalue weighted by molar-refractivity contribution is 5.57. The molecule has 1 fully saturated rings. The number of nitrogens with zero attached hydrogens (tertiary/aromatic N) is 1. The fourth-order valence-corrected chi connectivity index (χ4v) is 2.82. The molecule has 0 amide bonds. The molecule has 1 saturated carbocycles. The van der Waals surface area contributed by atoms with Crippen LogP contribution in [0.4, 0.5) is 0 Å². The van der Waals surface area contributed by atoms with Gasteiger partial charge in [-0.15, -0.1) is 0 Å². The van der Waals surface area contributed by atoms with E-state index >= 15 is 0 Å². The van der Waals surface area contributed by atoms with E-state index in [9.17, 15) is 0 Å². The molecule has 0 atom stereocenters. The highest BCUT2D eigenvalue weighted by atomic mass is 16.5. The molecule has 0 heterocycles. The summed E-state index contributed by atoms with van der Waals surface area (Å²) in [5.74, 6) is 0.944. The molecular weight excluding hydrogens is 234 g/mol. The molecule has 1 aliphatic carbocycles. The zero-order valence-electron chi connectivity index (χ0n) is 12.1. The number of hydrogen-bond donors (Lipinski definition) is 0. The molecule has 2 heteroatoms. The Bertz CT molecular complexity index is 407. The van der Waals surface area contributed by atoms with E-state index in [0.717, 1.165) is 23.9 Å². The van der Waals surface area contributed by atoms with E-state index in [4.69, 9.17) is 4.74 Å². The second-order valence-corrected chi connectivity index (χ2v) is 5.38. The van der Waals surface area contributed by atoms with Crippen LogP contribution in [-0.4, -0.2) is 31.6 Å².